The van der Waals surface area contributed by atoms with E-state index < -0.39 is 12.3 Å². The molecular weight excluding hydrogens is 180 g/mol. The first-order valence-corrected chi connectivity index (χ1v) is 3.79. The van der Waals surface area contributed by atoms with Crippen LogP contribution in [0.15, 0.2) is 0 Å². The Morgan fingerprint density at radius 1 is 1.31 bits per heavy atom. The lowest BCUT2D eigenvalue weighted by molar-refractivity contribution is -0.102. The van der Waals surface area contributed by atoms with Crippen molar-refractivity contribution in [3.63, 3.8) is 0 Å². The molecule has 0 radical (unpaired) electrons. The first-order valence-electron chi connectivity index (χ1n) is 3.79. The summed E-state index contributed by atoms with van der Waals surface area (Å²) in [4.78, 5) is 19.7. The van der Waals surface area contributed by atoms with Gasteiger partial charge in [0.1, 0.15) is 0 Å². The number of cyclic esters (lactones) is 2. The Bertz CT molecular complexity index is 152. The molecule has 6 nitrogen and oxygen atoms in total. The SMILES string of the molecule is CCOC(=O)OCC.O=C1OCO1. The predicted octanol–water partition coefficient (Wildman–Crippen LogP) is 1.29. The van der Waals surface area contributed by atoms with Gasteiger partial charge in [0.2, 0.25) is 6.79 Å². The molecule has 0 unspecified atom stereocenters. The van der Waals surface area contributed by atoms with Crippen molar-refractivity contribution >= 4 is 12.3 Å². The average molecular weight is 192 g/mol. The molecule has 1 aliphatic heterocycles. The van der Waals surface area contributed by atoms with Gasteiger partial charge in [-0.2, -0.15) is 0 Å². The Hall–Kier alpha value is -1.46. The van der Waals surface area contributed by atoms with Gasteiger partial charge in [-0.3, -0.25) is 0 Å². The lowest BCUT2D eigenvalue weighted by atomic mass is 10.8. The molecule has 6 heteroatoms. The van der Waals surface area contributed by atoms with Crippen molar-refractivity contribution in [1.82, 2.24) is 0 Å². The lowest BCUT2D eigenvalue weighted by Crippen LogP contribution is -2.21. The van der Waals surface area contributed by atoms with Crippen LogP contribution in [-0.4, -0.2) is 32.3 Å². The molecule has 0 aromatic heterocycles. The fraction of sp³-hybridized carbons (Fsp3) is 0.714. The van der Waals surface area contributed by atoms with Crippen molar-refractivity contribution in [2.45, 2.75) is 13.8 Å². The standard InChI is InChI=1S/C5H10O3.C2H2O3/c1-3-7-5(6)8-4-2;3-2-4-1-5-2/h3-4H2,1-2H3;1H2. The third-order valence-corrected chi connectivity index (χ3v) is 0.878. The van der Waals surface area contributed by atoms with Crippen molar-refractivity contribution in [2.24, 2.45) is 0 Å². The summed E-state index contributed by atoms with van der Waals surface area (Å²) in [5.41, 5.74) is 0. The molecule has 1 heterocycles. The monoisotopic (exact) mass is 192 g/mol. The fourth-order valence-corrected chi connectivity index (χ4v) is 0.384. The highest BCUT2D eigenvalue weighted by atomic mass is 16.9. The highest BCUT2D eigenvalue weighted by Crippen LogP contribution is 1.94. The van der Waals surface area contributed by atoms with Gasteiger partial charge in [0.05, 0.1) is 13.2 Å². The Labute approximate surface area is 75.7 Å². The molecule has 0 aliphatic carbocycles. The minimum Gasteiger partial charge on any atom is -0.435 e. The van der Waals surface area contributed by atoms with Crippen LogP contribution in [0.3, 0.4) is 0 Å². The van der Waals surface area contributed by atoms with Crippen LogP contribution in [0.1, 0.15) is 13.8 Å². The third-order valence-electron chi connectivity index (χ3n) is 0.878. The molecule has 0 atom stereocenters. The lowest BCUT2D eigenvalue weighted by Gasteiger charge is -2.10. The Kier molecular flexibility index (Phi) is 6.39. The zero-order valence-corrected chi connectivity index (χ0v) is 7.57. The van der Waals surface area contributed by atoms with Crippen LogP contribution < -0.4 is 0 Å². The molecule has 0 spiro atoms. The van der Waals surface area contributed by atoms with Gasteiger partial charge >= 0.3 is 12.3 Å². The minimum absolute atomic E-state index is 0.138. The van der Waals surface area contributed by atoms with Crippen LogP contribution in [0.4, 0.5) is 9.59 Å². The van der Waals surface area contributed by atoms with E-state index in [1.165, 1.54) is 0 Å². The Morgan fingerprint density at radius 2 is 1.69 bits per heavy atom. The largest absolute Gasteiger partial charge is 0.514 e. The molecule has 0 bridgehead atoms. The zero-order valence-electron chi connectivity index (χ0n) is 7.57. The summed E-state index contributed by atoms with van der Waals surface area (Å²) in [5, 5.41) is 0. The topological polar surface area (TPSA) is 71.1 Å². The second-order valence-electron chi connectivity index (χ2n) is 1.77. The van der Waals surface area contributed by atoms with Gasteiger partial charge in [-0.1, -0.05) is 0 Å². The van der Waals surface area contributed by atoms with E-state index in [0.29, 0.717) is 13.2 Å². The molecule has 0 aromatic rings. The van der Waals surface area contributed by atoms with Gasteiger partial charge in [-0.25, -0.2) is 9.59 Å². The molecule has 0 aromatic carbocycles. The molecular formula is C7H12O6. The number of ether oxygens (including phenoxy) is 4. The van der Waals surface area contributed by atoms with E-state index in [1.54, 1.807) is 13.8 Å². The molecule has 0 amide bonds. The molecule has 0 N–H and O–H groups in total. The van der Waals surface area contributed by atoms with Crippen LogP contribution in [0, 0.1) is 0 Å². The first kappa shape index (κ1) is 11.5. The van der Waals surface area contributed by atoms with Gasteiger partial charge in [0.15, 0.2) is 0 Å². The molecule has 13 heavy (non-hydrogen) atoms. The maximum atomic E-state index is 10.2. The van der Waals surface area contributed by atoms with Crippen molar-refractivity contribution in [2.75, 3.05) is 20.0 Å². The van der Waals surface area contributed by atoms with Gasteiger partial charge in [0, 0.05) is 0 Å². The maximum absolute atomic E-state index is 10.2. The summed E-state index contributed by atoms with van der Waals surface area (Å²) in [7, 11) is 0. The highest BCUT2D eigenvalue weighted by Gasteiger charge is 2.12. The zero-order chi connectivity index (χ0) is 10.1. The van der Waals surface area contributed by atoms with E-state index >= 15 is 0 Å². The fourth-order valence-electron chi connectivity index (χ4n) is 0.384. The second kappa shape index (κ2) is 7.20. The molecule has 1 aliphatic rings. The van der Waals surface area contributed by atoms with E-state index in [2.05, 4.69) is 18.9 Å². The Morgan fingerprint density at radius 3 is 1.85 bits per heavy atom. The van der Waals surface area contributed by atoms with Crippen molar-refractivity contribution in [3.8, 4) is 0 Å². The van der Waals surface area contributed by atoms with E-state index in [9.17, 15) is 9.59 Å². The predicted molar refractivity (Wildman–Crippen MR) is 41.1 cm³/mol. The highest BCUT2D eigenvalue weighted by molar-refractivity contribution is 5.62. The molecule has 76 valence electrons. The Balaban J connectivity index is 0.000000243. The molecule has 0 saturated carbocycles. The average Bonchev–Trinajstić information content (AvgIpc) is 2.03. The third kappa shape index (κ3) is 6.92. The number of hydrogen-bond acceptors (Lipinski definition) is 6. The van der Waals surface area contributed by atoms with Crippen molar-refractivity contribution < 1.29 is 28.5 Å². The van der Waals surface area contributed by atoms with E-state index in [-0.39, 0.29) is 6.79 Å². The number of hydrogen-bond donors (Lipinski definition) is 0. The van der Waals surface area contributed by atoms with Crippen LogP contribution >= 0.6 is 0 Å². The summed E-state index contributed by atoms with van der Waals surface area (Å²) in [6, 6.07) is 0. The van der Waals surface area contributed by atoms with Gasteiger partial charge < -0.3 is 18.9 Å². The molecule has 1 saturated heterocycles. The summed E-state index contributed by atoms with van der Waals surface area (Å²) in [6.07, 6.45) is -1.15. The minimum atomic E-state index is -0.588. The normalized spacial score (nSPS) is 12.3. The van der Waals surface area contributed by atoms with E-state index in [4.69, 9.17) is 0 Å². The smallest absolute Gasteiger partial charge is 0.435 e. The second-order valence-corrected chi connectivity index (χ2v) is 1.77. The first-order chi connectivity index (χ1) is 6.20. The molecule has 1 fully saturated rings. The number of carbonyl (C=O) groups excluding carboxylic acids is 2. The quantitative estimate of drug-likeness (QED) is 0.614. The summed E-state index contributed by atoms with van der Waals surface area (Å²) in [6.45, 7) is 4.35. The van der Waals surface area contributed by atoms with E-state index in [1.807, 2.05) is 0 Å². The summed E-state index contributed by atoms with van der Waals surface area (Å²) in [5.74, 6) is 0. The van der Waals surface area contributed by atoms with Crippen molar-refractivity contribution in [3.05, 3.63) is 0 Å². The van der Waals surface area contributed by atoms with Gasteiger partial charge in [-0.05, 0) is 13.8 Å². The van der Waals surface area contributed by atoms with Crippen LogP contribution in [0.5, 0.6) is 0 Å². The van der Waals surface area contributed by atoms with Crippen molar-refractivity contribution in [1.29, 1.82) is 0 Å². The van der Waals surface area contributed by atoms with Gasteiger partial charge in [-0.15, -0.1) is 0 Å². The summed E-state index contributed by atoms with van der Waals surface area (Å²) < 4.78 is 17.0. The van der Waals surface area contributed by atoms with Crippen LogP contribution in [0.25, 0.3) is 0 Å². The molecule has 1 rings (SSSR count). The van der Waals surface area contributed by atoms with Crippen LogP contribution in [0.2, 0.25) is 0 Å². The summed E-state index contributed by atoms with van der Waals surface area (Å²) >= 11 is 0. The van der Waals surface area contributed by atoms with Crippen LogP contribution in [-0.2, 0) is 18.9 Å². The number of carbonyl (C=O) groups is 2. The number of rotatable bonds is 2. The van der Waals surface area contributed by atoms with E-state index in [0.717, 1.165) is 0 Å². The maximum Gasteiger partial charge on any atom is 0.514 e. The van der Waals surface area contributed by atoms with Gasteiger partial charge in [0.25, 0.3) is 0 Å².